The third kappa shape index (κ3) is 3.00. The molecule has 0 bridgehead atoms. The molecule has 0 aliphatic carbocycles. The second-order valence-electron chi connectivity index (χ2n) is 3.82. The largest absolute Gasteiger partial charge is 0.383 e. The van der Waals surface area contributed by atoms with E-state index in [1.165, 1.54) is 10.5 Å². The van der Waals surface area contributed by atoms with Gasteiger partial charge in [-0.1, -0.05) is 18.2 Å². The summed E-state index contributed by atoms with van der Waals surface area (Å²) < 4.78 is 4.98. The van der Waals surface area contributed by atoms with E-state index in [9.17, 15) is 0 Å². The van der Waals surface area contributed by atoms with E-state index in [1.807, 2.05) is 11.8 Å². The second kappa shape index (κ2) is 6.05. The first-order chi connectivity index (χ1) is 8.35. The Morgan fingerprint density at radius 3 is 3.12 bits per heavy atom. The normalized spacial score (nSPS) is 19.2. The summed E-state index contributed by atoms with van der Waals surface area (Å²) in [6, 6.07) is 8.43. The number of nitrogens with zero attached hydrogens (tertiary/aromatic N) is 1. The maximum Gasteiger partial charge on any atom is 0.124 e. The van der Waals surface area contributed by atoms with Gasteiger partial charge in [0.25, 0.3) is 0 Å². The molecule has 0 spiro atoms. The van der Waals surface area contributed by atoms with Crippen LogP contribution in [-0.4, -0.2) is 31.3 Å². The number of benzene rings is 1. The maximum atomic E-state index is 5.53. The van der Waals surface area contributed by atoms with E-state index in [1.54, 1.807) is 7.11 Å². The molecule has 92 valence electrons. The molecule has 1 aliphatic heterocycles. The van der Waals surface area contributed by atoms with E-state index in [2.05, 4.69) is 34.7 Å². The molecule has 17 heavy (non-hydrogen) atoms. The quantitative estimate of drug-likeness (QED) is 0.278. The molecular weight excluding hydrogens is 234 g/mol. The Balaban J connectivity index is 2.02. The Morgan fingerprint density at radius 2 is 2.41 bits per heavy atom. The molecule has 1 unspecified atom stereocenters. The van der Waals surface area contributed by atoms with Gasteiger partial charge in [-0.3, -0.25) is 4.99 Å². The number of nitrogens with one attached hydrogen (secondary N) is 1. The van der Waals surface area contributed by atoms with Crippen molar-refractivity contribution in [3.05, 3.63) is 29.8 Å². The Hall–Kier alpha value is -1.04. The van der Waals surface area contributed by atoms with Crippen LogP contribution in [0.4, 0.5) is 0 Å². The fraction of sp³-hybridized carbons (Fsp3) is 0.417. The molecule has 1 aromatic carbocycles. The summed E-state index contributed by atoms with van der Waals surface area (Å²) in [5.41, 5.74) is 4.08. The second-order valence-corrected chi connectivity index (χ2v) is 5.07. The van der Waals surface area contributed by atoms with E-state index in [0.717, 1.165) is 12.3 Å². The van der Waals surface area contributed by atoms with Crippen molar-refractivity contribution in [3.63, 3.8) is 0 Å². The fourth-order valence-corrected chi connectivity index (χ4v) is 3.12. The standard InChI is InChI=1S/C12H17N3OS/c1-16-7-6-14-12(15-13)11-8-9-4-2-3-5-10(9)17-11/h2-5,11H,6-8,13H2,1H3,(H,14,15). The number of hydrazine groups is 1. The van der Waals surface area contributed by atoms with E-state index < -0.39 is 0 Å². The first-order valence-electron chi connectivity index (χ1n) is 5.59. The van der Waals surface area contributed by atoms with Gasteiger partial charge in [0, 0.05) is 12.0 Å². The third-order valence-corrected chi connectivity index (χ3v) is 4.00. The molecule has 1 aromatic rings. The van der Waals surface area contributed by atoms with E-state index >= 15 is 0 Å². The van der Waals surface area contributed by atoms with Crippen molar-refractivity contribution in [2.45, 2.75) is 16.6 Å². The number of hydrogen-bond donors (Lipinski definition) is 2. The van der Waals surface area contributed by atoms with Gasteiger partial charge >= 0.3 is 0 Å². The molecule has 0 amide bonds. The molecule has 0 aromatic heterocycles. The molecule has 0 saturated heterocycles. The van der Waals surface area contributed by atoms with Crippen molar-refractivity contribution in [2.24, 2.45) is 10.8 Å². The van der Waals surface area contributed by atoms with Gasteiger partial charge in [-0.25, -0.2) is 5.84 Å². The van der Waals surface area contributed by atoms with E-state index in [4.69, 9.17) is 10.6 Å². The minimum Gasteiger partial charge on any atom is -0.383 e. The molecule has 1 heterocycles. The number of rotatable bonds is 4. The zero-order valence-electron chi connectivity index (χ0n) is 9.85. The Kier molecular flexibility index (Phi) is 4.42. The first kappa shape index (κ1) is 12.4. The van der Waals surface area contributed by atoms with Gasteiger partial charge in [-0.2, -0.15) is 0 Å². The van der Waals surface area contributed by atoms with Crippen LogP contribution in [0.1, 0.15) is 5.56 Å². The topological polar surface area (TPSA) is 59.6 Å². The molecular formula is C12H17N3OS. The smallest absolute Gasteiger partial charge is 0.124 e. The average Bonchev–Trinajstić information content (AvgIpc) is 2.78. The van der Waals surface area contributed by atoms with E-state index in [0.29, 0.717) is 18.4 Å². The molecule has 0 saturated carbocycles. The van der Waals surface area contributed by atoms with Crippen molar-refractivity contribution >= 4 is 17.6 Å². The molecule has 0 fully saturated rings. The van der Waals surface area contributed by atoms with Crippen LogP contribution in [0, 0.1) is 0 Å². The van der Waals surface area contributed by atoms with Gasteiger partial charge in [-0.15, -0.1) is 11.8 Å². The summed E-state index contributed by atoms with van der Waals surface area (Å²) in [5.74, 6) is 6.38. The van der Waals surface area contributed by atoms with E-state index in [-0.39, 0.29) is 0 Å². The predicted octanol–water partition coefficient (Wildman–Crippen LogP) is 1.21. The molecule has 1 atom stereocenters. The first-order valence-corrected chi connectivity index (χ1v) is 6.47. The molecule has 0 radical (unpaired) electrons. The van der Waals surface area contributed by atoms with Crippen molar-refractivity contribution < 1.29 is 4.74 Å². The summed E-state index contributed by atoms with van der Waals surface area (Å²) in [4.78, 5) is 5.76. The van der Waals surface area contributed by atoms with Gasteiger partial charge in [-0.05, 0) is 18.1 Å². The van der Waals surface area contributed by atoms with Gasteiger partial charge in [0.1, 0.15) is 5.84 Å². The van der Waals surface area contributed by atoms with Crippen molar-refractivity contribution in [2.75, 3.05) is 20.3 Å². The highest BCUT2D eigenvalue weighted by Crippen LogP contribution is 2.36. The van der Waals surface area contributed by atoms with Gasteiger partial charge in [0.2, 0.25) is 0 Å². The molecule has 4 nitrogen and oxygen atoms in total. The number of nitrogens with two attached hydrogens (primary N) is 1. The average molecular weight is 251 g/mol. The third-order valence-electron chi connectivity index (χ3n) is 2.68. The highest BCUT2D eigenvalue weighted by atomic mass is 32.2. The predicted molar refractivity (Wildman–Crippen MR) is 71.3 cm³/mol. The number of fused-ring (bicyclic) bond motifs is 1. The van der Waals surface area contributed by atoms with Crippen LogP contribution in [0.3, 0.4) is 0 Å². The lowest BCUT2D eigenvalue weighted by Crippen LogP contribution is -2.38. The summed E-state index contributed by atoms with van der Waals surface area (Å²) in [6.45, 7) is 1.26. The van der Waals surface area contributed by atoms with Crippen molar-refractivity contribution in [1.82, 2.24) is 5.43 Å². The fourth-order valence-electron chi connectivity index (χ4n) is 1.83. The van der Waals surface area contributed by atoms with Gasteiger partial charge in [0.05, 0.1) is 18.4 Å². The molecule has 3 N–H and O–H groups in total. The SMILES string of the molecule is COCCN=C(NN)C1Cc2ccccc2S1. The minimum atomic E-state index is 0.300. The zero-order valence-corrected chi connectivity index (χ0v) is 10.7. The van der Waals surface area contributed by atoms with Crippen LogP contribution in [0.5, 0.6) is 0 Å². The zero-order chi connectivity index (χ0) is 12.1. The Labute approximate surface area is 106 Å². The molecule has 2 rings (SSSR count). The van der Waals surface area contributed by atoms with Gasteiger partial charge in [0.15, 0.2) is 0 Å². The van der Waals surface area contributed by atoms with Crippen molar-refractivity contribution in [3.8, 4) is 0 Å². The Bertz CT molecular complexity index is 383. The maximum absolute atomic E-state index is 5.53. The lowest BCUT2D eigenvalue weighted by atomic mass is 10.1. The van der Waals surface area contributed by atoms with Crippen molar-refractivity contribution in [1.29, 1.82) is 0 Å². The number of ether oxygens (including phenoxy) is 1. The van der Waals surface area contributed by atoms with Gasteiger partial charge < -0.3 is 10.2 Å². The summed E-state index contributed by atoms with van der Waals surface area (Å²) >= 11 is 1.81. The number of hydrogen-bond acceptors (Lipinski definition) is 4. The number of aliphatic imine (C=N–C) groups is 1. The summed E-state index contributed by atoms with van der Waals surface area (Å²) in [6.07, 6.45) is 0.983. The molecule has 1 aliphatic rings. The molecule has 5 heteroatoms. The van der Waals surface area contributed by atoms with Crippen LogP contribution < -0.4 is 11.3 Å². The van der Waals surface area contributed by atoms with Crippen LogP contribution in [-0.2, 0) is 11.2 Å². The highest BCUT2D eigenvalue weighted by Gasteiger charge is 2.25. The van der Waals surface area contributed by atoms with Crippen LogP contribution in [0.2, 0.25) is 0 Å². The monoisotopic (exact) mass is 251 g/mol. The van der Waals surface area contributed by atoms with Crippen LogP contribution in [0.15, 0.2) is 34.2 Å². The number of methoxy groups -OCH3 is 1. The Morgan fingerprint density at radius 1 is 1.59 bits per heavy atom. The van der Waals surface area contributed by atoms with Crippen LogP contribution in [0.25, 0.3) is 0 Å². The number of amidine groups is 1. The minimum absolute atomic E-state index is 0.300. The van der Waals surface area contributed by atoms with Crippen LogP contribution >= 0.6 is 11.8 Å². The lowest BCUT2D eigenvalue weighted by Gasteiger charge is -2.11. The highest BCUT2D eigenvalue weighted by molar-refractivity contribution is 8.01. The summed E-state index contributed by atoms with van der Waals surface area (Å²) in [7, 11) is 1.67. The summed E-state index contributed by atoms with van der Waals surface area (Å²) in [5, 5.41) is 0.300. The lowest BCUT2D eigenvalue weighted by molar-refractivity contribution is 0.208. The number of thioether (sulfide) groups is 1.